The first-order chi connectivity index (χ1) is 5.83. The highest BCUT2D eigenvalue weighted by atomic mass is 35.5. The number of halogens is 2. The number of benzene rings is 1. The maximum absolute atomic E-state index is 5.83. The minimum absolute atomic E-state index is 0. The first-order valence-corrected chi connectivity index (χ1v) is 4.66. The van der Waals surface area contributed by atoms with Crippen molar-refractivity contribution in [3.63, 3.8) is 0 Å². The van der Waals surface area contributed by atoms with E-state index in [0.717, 1.165) is 18.1 Å². The second-order valence-electron chi connectivity index (χ2n) is 2.81. The molecule has 0 saturated heterocycles. The van der Waals surface area contributed by atoms with Crippen LogP contribution in [0.25, 0.3) is 0 Å². The second kappa shape index (κ2) is 7.19. The Morgan fingerprint density at radius 1 is 1.38 bits per heavy atom. The van der Waals surface area contributed by atoms with E-state index < -0.39 is 0 Å². The first kappa shape index (κ1) is 12.8. The maximum atomic E-state index is 5.83. The third-order valence-corrected chi connectivity index (χ3v) is 1.88. The maximum Gasteiger partial charge on any atom is 0.0409 e. The van der Waals surface area contributed by atoms with Crippen LogP contribution in [0.4, 0.5) is 0 Å². The third kappa shape index (κ3) is 5.14. The average molecular weight is 219 g/mol. The Labute approximate surface area is 90.9 Å². The van der Waals surface area contributed by atoms with Crippen molar-refractivity contribution in [2.75, 3.05) is 6.54 Å². The molecule has 1 nitrogen and oxygen atoms in total. The van der Waals surface area contributed by atoms with E-state index in [0.29, 0.717) is 0 Å². The van der Waals surface area contributed by atoms with Gasteiger partial charge < -0.3 is 17.7 Å². The topological polar surface area (TPSA) is 12.0 Å². The largest absolute Gasteiger partial charge is 1.00 e. The summed E-state index contributed by atoms with van der Waals surface area (Å²) in [5.41, 5.74) is 1.25. The Kier molecular flexibility index (Phi) is 7.06. The average Bonchev–Trinajstić information content (AvgIpc) is 2.05. The monoisotopic (exact) mass is 218 g/mol. The van der Waals surface area contributed by atoms with E-state index >= 15 is 0 Å². The normalized spacial score (nSPS) is 9.38. The molecule has 1 aromatic rings. The van der Waals surface area contributed by atoms with Gasteiger partial charge in [-0.2, -0.15) is 0 Å². The third-order valence-electron chi connectivity index (χ3n) is 1.64. The number of hydrogen-bond acceptors (Lipinski definition) is 1. The van der Waals surface area contributed by atoms with E-state index in [9.17, 15) is 0 Å². The lowest BCUT2D eigenvalue weighted by Gasteiger charge is -2.02. The molecule has 1 N–H and O–H groups in total. The molecule has 0 fully saturated rings. The number of rotatable bonds is 4. The fourth-order valence-corrected chi connectivity index (χ4v) is 1.27. The van der Waals surface area contributed by atoms with Crippen LogP contribution in [0.1, 0.15) is 18.9 Å². The molecule has 0 saturated carbocycles. The van der Waals surface area contributed by atoms with E-state index in [1.165, 1.54) is 12.0 Å². The van der Waals surface area contributed by atoms with E-state index in [-0.39, 0.29) is 12.4 Å². The molecule has 3 heteroatoms. The van der Waals surface area contributed by atoms with Crippen LogP contribution in [-0.4, -0.2) is 6.54 Å². The van der Waals surface area contributed by atoms with Crippen molar-refractivity contribution in [2.24, 2.45) is 0 Å². The number of nitrogens with one attached hydrogen (secondary N) is 1. The first-order valence-electron chi connectivity index (χ1n) is 4.28. The lowest BCUT2D eigenvalue weighted by molar-refractivity contribution is -0.00000248. The summed E-state index contributed by atoms with van der Waals surface area (Å²) in [5, 5.41) is 4.13. The molecule has 0 radical (unpaired) electrons. The Hall–Kier alpha value is -0.240. The Morgan fingerprint density at radius 2 is 2.15 bits per heavy atom. The highest BCUT2D eigenvalue weighted by Crippen LogP contribution is 2.09. The van der Waals surface area contributed by atoms with Gasteiger partial charge in [0, 0.05) is 11.6 Å². The van der Waals surface area contributed by atoms with Crippen molar-refractivity contribution in [3.8, 4) is 0 Å². The fraction of sp³-hybridized carbons (Fsp3) is 0.400. The van der Waals surface area contributed by atoms with Crippen LogP contribution in [0.3, 0.4) is 0 Å². The minimum atomic E-state index is 0. The van der Waals surface area contributed by atoms with E-state index in [2.05, 4.69) is 18.3 Å². The minimum Gasteiger partial charge on any atom is -1.00 e. The standard InChI is InChI=1S/C10H14ClN.ClH/c1-2-6-12-8-9-4-3-5-10(11)7-9;/h3-5,7,12H,2,6,8H2,1H3;1H/p-1. The van der Waals surface area contributed by atoms with Crippen LogP contribution in [-0.2, 0) is 6.54 Å². The van der Waals surface area contributed by atoms with Crippen molar-refractivity contribution in [1.29, 1.82) is 0 Å². The van der Waals surface area contributed by atoms with Gasteiger partial charge in [-0.3, -0.25) is 0 Å². The Bertz CT molecular complexity index is 238. The highest BCUT2D eigenvalue weighted by Gasteiger charge is 1.91. The van der Waals surface area contributed by atoms with Gasteiger partial charge >= 0.3 is 0 Å². The summed E-state index contributed by atoms with van der Waals surface area (Å²) < 4.78 is 0. The van der Waals surface area contributed by atoms with Gasteiger partial charge in [-0.15, -0.1) is 0 Å². The molecule has 0 aliphatic carbocycles. The van der Waals surface area contributed by atoms with Crippen LogP contribution in [0.15, 0.2) is 24.3 Å². The van der Waals surface area contributed by atoms with Crippen LogP contribution in [0, 0.1) is 0 Å². The van der Waals surface area contributed by atoms with Gasteiger partial charge in [0.05, 0.1) is 0 Å². The Morgan fingerprint density at radius 3 is 2.77 bits per heavy atom. The zero-order chi connectivity index (χ0) is 8.81. The summed E-state index contributed by atoms with van der Waals surface area (Å²) in [4.78, 5) is 0. The molecule has 0 heterocycles. The number of hydrogen-bond donors (Lipinski definition) is 1. The smallest absolute Gasteiger partial charge is 0.0409 e. The molecule has 0 bridgehead atoms. The van der Waals surface area contributed by atoms with Gasteiger partial charge in [0.15, 0.2) is 0 Å². The zero-order valence-corrected chi connectivity index (χ0v) is 9.20. The molecule has 0 aliphatic rings. The summed E-state index contributed by atoms with van der Waals surface area (Å²) >= 11 is 5.83. The van der Waals surface area contributed by atoms with Crippen molar-refractivity contribution in [3.05, 3.63) is 34.9 Å². The van der Waals surface area contributed by atoms with Crippen molar-refractivity contribution in [1.82, 2.24) is 5.32 Å². The van der Waals surface area contributed by atoms with Gasteiger partial charge in [0.25, 0.3) is 0 Å². The summed E-state index contributed by atoms with van der Waals surface area (Å²) in [7, 11) is 0. The molecule has 1 rings (SSSR count). The molecule has 0 amide bonds. The fourth-order valence-electron chi connectivity index (χ4n) is 1.06. The Balaban J connectivity index is 0.00000144. The van der Waals surface area contributed by atoms with Gasteiger partial charge in [0.2, 0.25) is 0 Å². The van der Waals surface area contributed by atoms with Crippen LogP contribution in [0.5, 0.6) is 0 Å². The predicted molar refractivity (Wildman–Crippen MR) is 53.4 cm³/mol. The predicted octanol–water partition coefficient (Wildman–Crippen LogP) is -0.156. The molecule has 0 unspecified atom stereocenters. The molecule has 13 heavy (non-hydrogen) atoms. The molecule has 0 aliphatic heterocycles. The van der Waals surface area contributed by atoms with Crippen LogP contribution in [0.2, 0.25) is 5.02 Å². The quantitative estimate of drug-likeness (QED) is 0.694. The molecule has 0 spiro atoms. The van der Waals surface area contributed by atoms with E-state index in [1.54, 1.807) is 0 Å². The molecule has 0 atom stereocenters. The molecule has 1 aromatic carbocycles. The van der Waals surface area contributed by atoms with Gasteiger partial charge in [-0.05, 0) is 30.7 Å². The van der Waals surface area contributed by atoms with Crippen molar-refractivity contribution in [2.45, 2.75) is 19.9 Å². The lowest BCUT2D eigenvalue weighted by Crippen LogP contribution is -3.00. The van der Waals surface area contributed by atoms with Gasteiger partial charge in [-0.1, -0.05) is 30.7 Å². The van der Waals surface area contributed by atoms with Crippen molar-refractivity contribution < 1.29 is 12.4 Å². The second-order valence-corrected chi connectivity index (χ2v) is 3.24. The molecule has 0 aromatic heterocycles. The summed E-state index contributed by atoms with van der Waals surface area (Å²) in [6, 6.07) is 7.94. The van der Waals surface area contributed by atoms with E-state index in [4.69, 9.17) is 11.6 Å². The van der Waals surface area contributed by atoms with Gasteiger partial charge in [-0.25, -0.2) is 0 Å². The van der Waals surface area contributed by atoms with E-state index in [1.807, 2.05) is 18.2 Å². The summed E-state index contributed by atoms with van der Waals surface area (Å²) in [6.07, 6.45) is 1.17. The van der Waals surface area contributed by atoms with Crippen molar-refractivity contribution >= 4 is 11.6 Å². The SMILES string of the molecule is CCCNCc1cccc(Cl)c1.[Cl-]. The zero-order valence-electron chi connectivity index (χ0n) is 7.69. The molecule has 74 valence electrons. The summed E-state index contributed by atoms with van der Waals surface area (Å²) in [6.45, 7) is 4.13. The van der Waals surface area contributed by atoms with Gasteiger partial charge in [0.1, 0.15) is 0 Å². The summed E-state index contributed by atoms with van der Waals surface area (Å²) in [5.74, 6) is 0. The lowest BCUT2D eigenvalue weighted by atomic mass is 10.2. The molecular formula is C10H14Cl2N-. The van der Waals surface area contributed by atoms with Crippen LogP contribution >= 0.6 is 11.6 Å². The molecular weight excluding hydrogens is 205 g/mol. The highest BCUT2D eigenvalue weighted by molar-refractivity contribution is 6.30. The van der Waals surface area contributed by atoms with Crippen LogP contribution < -0.4 is 17.7 Å².